The molecule has 0 radical (unpaired) electrons. The van der Waals surface area contributed by atoms with Crippen molar-refractivity contribution in [2.75, 3.05) is 56.1 Å². The molecule has 0 bridgehead atoms. The molecule has 0 unspecified atom stereocenters. The van der Waals surface area contributed by atoms with Gasteiger partial charge in [0.15, 0.2) is 0 Å². The van der Waals surface area contributed by atoms with Crippen molar-refractivity contribution < 1.29 is 18.0 Å². The average Bonchev–Trinajstić information content (AvgIpc) is 3.06. The van der Waals surface area contributed by atoms with Gasteiger partial charge in [0.05, 0.1) is 17.2 Å². The smallest absolute Gasteiger partial charge is 0.243 e. The first-order chi connectivity index (χ1) is 15.3. The number of benzene rings is 1. The van der Waals surface area contributed by atoms with Crippen LogP contribution in [0.5, 0.6) is 0 Å². The van der Waals surface area contributed by atoms with Crippen LogP contribution in [-0.4, -0.2) is 80.7 Å². The Morgan fingerprint density at radius 2 is 1.72 bits per heavy atom. The van der Waals surface area contributed by atoms with Gasteiger partial charge in [0, 0.05) is 70.1 Å². The molecule has 0 N–H and O–H groups in total. The molecular weight excluding hydrogens is 430 g/mol. The molecule has 9 nitrogen and oxygen atoms in total. The van der Waals surface area contributed by atoms with Crippen LogP contribution >= 0.6 is 0 Å². The van der Waals surface area contributed by atoms with Crippen molar-refractivity contribution in [2.45, 2.75) is 11.3 Å². The van der Waals surface area contributed by atoms with Gasteiger partial charge in [-0.05, 0) is 35.9 Å². The molecule has 0 atom stereocenters. The minimum atomic E-state index is -3.68. The number of anilines is 2. The predicted octanol–water partition coefficient (Wildman–Crippen LogP) is 0.570. The number of hydrogen-bond acceptors (Lipinski definition) is 6. The SMILES string of the molecule is CN1C(=O)Cc2cc(S(=O)(=O)N3CC(C(=O)N4CCN(c5ccncc5)CC4)C3)ccc21. The highest BCUT2D eigenvalue weighted by Crippen LogP contribution is 2.33. The van der Waals surface area contributed by atoms with Gasteiger partial charge in [-0.3, -0.25) is 14.6 Å². The second-order valence-corrected chi connectivity index (χ2v) is 10.4. The van der Waals surface area contributed by atoms with Crippen LogP contribution in [0.1, 0.15) is 5.56 Å². The fourth-order valence-electron chi connectivity index (χ4n) is 4.54. The van der Waals surface area contributed by atoms with Gasteiger partial charge in [0.25, 0.3) is 0 Å². The van der Waals surface area contributed by atoms with Crippen molar-refractivity contribution in [1.29, 1.82) is 0 Å². The van der Waals surface area contributed by atoms with Crippen molar-refractivity contribution >= 4 is 33.2 Å². The first-order valence-electron chi connectivity index (χ1n) is 10.7. The van der Waals surface area contributed by atoms with E-state index in [0.29, 0.717) is 13.1 Å². The van der Waals surface area contributed by atoms with Crippen molar-refractivity contribution in [2.24, 2.45) is 5.92 Å². The molecule has 2 saturated heterocycles. The van der Waals surface area contributed by atoms with Crippen LogP contribution < -0.4 is 9.80 Å². The Bertz CT molecular complexity index is 1160. The minimum absolute atomic E-state index is 0.0204. The highest BCUT2D eigenvalue weighted by Gasteiger charge is 2.42. The molecule has 10 heteroatoms. The molecule has 3 aliphatic heterocycles. The number of carbonyl (C=O) groups excluding carboxylic acids is 2. The molecule has 2 aromatic rings. The number of sulfonamides is 1. The van der Waals surface area contributed by atoms with Gasteiger partial charge in [0.1, 0.15) is 0 Å². The quantitative estimate of drug-likeness (QED) is 0.669. The summed E-state index contributed by atoms with van der Waals surface area (Å²) in [5.74, 6) is -0.334. The zero-order chi connectivity index (χ0) is 22.5. The maximum absolute atomic E-state index is 13.0. The molecule has 0 aliphatic carbocycles. The zero-order valence-electron chi connectivity index (χ0n) is 17.8. The van der Waals surface area contributed by atoms with E-state index in [9.17, 15) is 18.0 Å². The molecule has 4 heterocycles. The van der Waals surface area contributed by atoms with Gasteiger partial charge in [-0.25, -0.2) is 8.42 Å². The lowest BCUT2D eigenvalue weighted by Crippen LogP contribution is -2.59. The molecule has 5 rings (SSSR count). The standard InChI is InChI=1S/C22H25N5O4S/c1-24-20-3-2-19(12-16(20)13-21(24)28)32(30,31)27-14-17(15-27)22(29)26-10-8-25(9-11-26)18-4-6-23-7-5-18/h2-7,12,17H,8-11,13-15H2,1H3. The Labute approximate surface area is 187 Å². The molecule has 0 saturated carbocycles. The normalized spacial score (nSPS) is 19.8. The summed E-state index contributed by atoms with van der Waals surface area (Å²) in [6.07, 6.45) is 3.72. The third kappa shape index (κ3) is 3.53. The van der Waals surface area contributed by atoms with E-state index < -0.39 is 10.0 Å². The zero-order valence-corrected chi connectivity index (χ0v) is 18.7. The van der Waals surface area contributed by atoms with Crippen LogP contribution in [0.15, 0.2) is 47.6 Å². The number of hydrogen-bond donors (Lipinski definition) is 0. The molecule has 2 fully saturated rings. The lowest BCUT2D eigenvalue weighted by molar-refractivity contribution is -0.139. The highest BCUT2D eigenvalue weighted by molar-refractivity contribution is 7.89. The summed E-state index contributed by atoms with van der Waals surface area (Å²) in [6, 6.07) is 8.71. The summed E-state index contributed by atoms with van der Waals surface area (Å²) in [5.41, 5.74) is 2.56. The van der Waals surface area contributed by atoms with Gasteiger partial charge < -0.3 is 14.7 Å². The molecule has 168 valence electrons. The average molecular weight is 456 g/mol. The van der Waals surface area contributed by atoms with Gasteiger partial charge in [0.2, 0.25) is 21.8 Å². The Hall–Kier alpha value is -2.98. The minimum Gasteiger partial charge on any atom is -0.368 e. The predicted molar refractivity (Wildman–Crippen MR) is 119 cm³/mol. The second kappa shape index (κ2) is 7.86. The molecule has 3 aliphatic rings. The molecule has 2 amide bonds. The first-order valence-corrected chi connectivity index (χ1v) is 12.1. The Morgan fingerprint density at radius 3 is 2.41 bits per heavy atom. The third-order valence-electron chi connectivity index (χ3n) is 6.58. The number of rotatable bonds is 4. The number of pyridine rings is 1. The maximum Gasteiger partial charge on any atom is 0.243 e. The van der Waals surface area contributed by atoms with E-state index in [1.165, 1.54) is 10.4 Å². The van der Waals surface area contributed by atoms with E-state index in [2.05, 4.69) is 9.88 Å². The van der Waals surface area contributed by atoms with E-state index in [4.69, 9.17) is 0 Å². The van der Waals surface area contributed by atoms with E-state index >= 15 is 0 Å². The van der Waals surface area contributed by atoms with Crippen LogP contribution in [0.2, 0.25) is 0 Å². The number of nitrogens with zero attached hydrogens (tertiary/aromatic N) is 5. The maximum atomic E-state index is 13.0. The lowest BCUT2D eigenvalue weighted by Gasteiger charge is -2.42. The number of likely N-dealkylation sites (N-methyl/N-ethyl adjacent to an activating group) is 1. The topological polar surface area (TPSA) is 94.1 Å². The van der Waals surface area contributed by atoms with Gasteiger partial charge in [-0.15, -0.1) is 0 Å². The van der Waals surface area contributed by atoms with Gasteiger partial charge in [-0.2, -0.15) is 4.31 Å². The van der Waals surface area contributed by atoms with E-state index in [0.717, 1.165) is 30.0 Å². The molecular formula is C22H25N5O4S. The van der Waals surface area contributed by atoms with Gasteiger partial charge in [-0.1, -0.05) is 0 Å². The summed E-state index contributed by atoms with van der Waals surface area (Å²) >= 11 is 0. The fourth-order valence-corrected chi connectivity index (χ4v) is 6.13. The van der Waals surface area contributed by atoms with Crippen LogP contribution in [0.25, 0.3) is 0 Å². The fraction of sp³-hybridized carbons (Fsp3) is 0.409. The summed E-state index contributed by atoms with van der Waals surface area (Å²) < 4.78 is 27.4. The molecule has 1 aromatic heterocycles. The lowest BCUT2D eigenvalue weighted by atomic mass is 10.0. The van der Waals surface area contributed by atoms with E-state index in [1.54, 1.807) is 36.5 Å². The summed E-state index contributed by atoms with van der Waals surface area (Å²) in [6.45, 7) is 3.12. The Morgan fingerprint density at radius 1 is 1.03 bits per heavy atom. The Kier molecular flexibility index (Phi) is 5.13. The van der Waals surface area contributed by atoms with Crippen molar-refractivity contribution in [3.63, 3.8) is 0 Å². The van der Waals surface area contributed by atoms with E-state index in [1.807, 2.05) is 17.0 Å². The largest absolute Gasteiger partial charge is 0.368 e. The second-order valence-electron chi connectivity index (χ2n) is 8.46. The first kappa shape index (κ1) is 20.9. The van der Waals surface area contributed by atoms with Crippen LogP contribution in [0.4, 0.5) is 11.4 Å². The number of carbonyl (C=O) groups is 2. The van der Waals surface area contributed by atoms with Crippen LogP contribution in [-0.2, 0) is 26.0 Å². The summed E-state index contributed by atoms with van der Waals surface area (Å²) in [7, 11) is -2.00. The number of aromatic nitrogens is 1. The summed E-state index contributed by atoms with van der Waals surface area (Å²) in [5, 5.41) is 0. The Balaban J connectivity index is 1.18. The third-order valence-corrected chi connectivity index (χ3v) is 8.41. The molecule has 0 spiro atoms. The van der Waals surface area contributed by atoms with E-state index in [-0.39, 0.29) is 42.1 Å². The molecule has 1 aromatic carbocycles. The monoisotopic (exact) mass is 455 g/mol. The molecule has 32 heavy (non-hydrogen) atoms. The summed E-state index contributed by atoms with van der Waals surface area (Å²) in [4.78, 5) is 34.6. The van der Waals surface area contributed by atoms with Crippen molar-refractivity contribution in [3.05, 3.63) is 48.3 Å². The highest BCUT2D eigenvalue weighted by atomic mass is 32.2. The van der Waals surface area contributed by atoms with Crippen molar-refractivity contribution in [1.82, 2.24) is 14.2 Å². The van der Waals surface area contributed by atoms with Crippen molar-refractivity contribution in [3.8, 4) is 0 Å². The van der Waals surface area contributed by atoms with Crippen LogP contribution in [0.3, 0.4) is 0 Å². The van der Waals surface area contributed by atoms with Gasteiger partial charge >= 0.3 is 0 Å². The number of fused-ring (bicyclic) bond motifs is 1. The number of amides is 2. The number of piperazine rings is 1. The van der Waals surface area contributed by atoms with Crippen LogP contribution in [0, 0.1) is 5.92 Å².